The molecule has 0 aromatic carbocycles. The number of ether oxygens (including phenoxy) is 2. The molecule has 0 unspecified atom stereocenters. The van der Waals surface area contributed by atoms with Crippen LogP contribution in [0.25, 0.3) is 0 Å². The third-order valence-electron chi connectivity index (χ3n) is 1.07. The Labute approximate surface area is 89.4 Å². The van der Waals surface area contributed by atoms with E-state index in [0.717, 1.165) is 0 Å². The molecule has 0 aromatic heterocycles. The molecule has 1 N–H and O–H groups in total. The Morgan fingerprint density at radius 1 is 1.21 bits per heavy atom. The summed E-state index contributed by atoms with van der Waals surface area (Å²) >= 11 is 0. The monoisotopic (exact) mass is 207 g/mol. The molecule has 0 spiro atoms. The maximum Gasteiger partial charge on any atom is 0.319 e. The molecular formula is C9H17NO4. The van der Waals surface area contributed by atoms with Crippen LogP contribution in [0.5, 0.6) is 0 Å². The molecule has 0 saturated heterocycles. The van der Waals surface area contributed by atoms with Gasteiger partial charge in [0.1, 0.15) is 0 Å². The molecule has 0 radical (unpaired) electrons. The van der Waals surface area contributed by atoms with Crippen LogP contribution in [0.4, 0.5) is 0 Å². The molecule has 0 aliphatic rings. The highest BCUT2D eigenvalue weighted by atomic mass is 16.5. The Kier molecular flexibility index (Phi) is 4.39. The molecule has 0 aliphatic carbocycles. The zero-order valence-electron chi connectivity index (χ0n) is 12.3. The zero-order valence-corrected chi connectivity index (χ0v) is 8.25. The van der Waals surface area contributed by atoms with Crippen molar-refractivity contribution >= 4 is 11.9 Å². The molecule has 0 heterocycles. The summed E-state index contributed by atoms with van der Waals surface area (Å²) in [6.45, 7) is -0.146. The minimum atomic E-state index is -2.91. The first-order valence-electron chi connectivity index (χ1n) is 6.27. The quantitative estimate of drug-likeness (QED) is 0.599. The van der Waals surface area contributed by atoms with Crippen molar-refractivity contribution in [3.05, 3.63) is 0 Å². The van der Waals surface area contributed by atoms with E-state index in [1.165, 1.54) is 6.92 Å². The van der Waals surface area contributed by atoms with Crippen molar-refractivity contribution in [3.8, 4) is 0 Å². The minimum absolute atomic E-state index is 0.0632. The van der Waals surface area contributed by atoms with Crippen LogP contribution >= 0.6 is 0 Å². The highest BCUT2D eigenvalue weighted by Crippen LogP contribution is 1.84. The smallest absolute Gasteiger partial charge is 0.319 e. The van der Waals surface area contributed by atoms with Gasteiger partial charge in [0.15, 0.2) is 0 Å². The molecule has 14 heavy (non-hydrogen) atoms. The van der Waals surface area contributed by atoms with Crippen molar-refractivity contribution in [2.75, 3.05) is 26.3 Å². The Morgan fingerprint density at radius 2 is 1.79 bits per heavy atom. The summed E-state index contributed by atoms with van der Waals surface area (Å²) in [5, 5.41) is 2.01. The number of esters is 2. The second kappa shape index (κ2) is 8.50. The molecule has 5 heteroatoms. The van der Waals surface area contributed by atoms with Crippen LogP contribution in [-0.4, -0.2) is 38.2 Å². The molecule has 0 rings (SSSR count). The minimum Gasteiger partial charge on any atom is -0.466 e. The maximum absolute atomic E-state index is 11.3. The maximum atomic E-state index is 11.3. The number of nitrogens with one attached hydrogen (secondary N) is 1. The van der Waals surface area contributed by atoms with Gasteiger partial charge < -0.3 is 14.8 Å². The Balaban J connectivity index is 4.59. The molecule has 0 atom stereocenters. The highest BCUT2D eigenvalue weighted by molar-refractivity contribution is 5.72. The van der Waals surface area contributed by atoms with Gasteiger partial charge in [0.05, 0.1) is 26.1 Å². The summed E-state index contributed by atoms with van der Waals surface area (Å²) in [7, 11) is 0. The second-order valence-electron chi connectivity index (χ2n) is 2.13. The molecule has 0 saturated carbocycles. The largest absolute Gasteiger partial charge is 0.466 e. The molecule has 0 aromatic rings. The Bertz CT molecular complexity index is 309. The molecular weight excluding hydrogens is 186 g/mol. The van der Waals surface area contributed by atoms with Crippen molar-refractivity contribution in [2.45, 2.75) is 20.2 Å². The normalized spacial score (nSPS) is 15.9. The lowest BCUT2D eigenvalue weighted by atomic mass is 10.4. The van der Waals surface area contributed by atoms with Crippen molar-refractivity contribution in [1.82, 2.24) is 5.32 Å². The molecule has 5 nitrogen and oxygen atoms in total. The van der Waals surface area contributed by atoms with E-state index < -0.39 is 31.4 Å². The third-order valence-corrected chi connectivity index (χ3v) is 1.07. The van der Waals surface area contributed by atoms with Crippen LogP contribution in [-0.2, 0) is 19.1 Å². The van der Waals surface area contributed by atoms with Gasteiger partial charge in [-0.2, -0.15) is 0 Å². The predicted octanol–water partition coefficient (Wildman–Crippen LogP) is 0.0923. The van der Waals surface area contributed by atoms with E-state index in [4.69, 9.17) is 5.48 Å². The number of rotatable bonds is 7. The van der Waals surface area contributed by atoms with E-state index >= 15 is 0 Å². The lowest BCUT2D eigenvalue weighted by Crippen LogP contribution is -2.27. The fourth-order valence-corrected chi connectivity index (χ4v) is 0.591. The first kappa shape index (κ1) is 7.23. The molecule has 0 fully saturated rings. The summed E-state index contributed by atoms with van der Waals surface area (Å²) in [5.74, 6) is -2.06. The van der Waals surface area contributed by atoms with Crippen molar-refractivity contribution in [2.24, 2.45) is 0 Å². The summed E-state index contributed by atoms with van der Waals surface area (Å²) in [4.78, 5) is 22.3. The van der Waals surface area contributed by atoms with Crippen LogP contribution in [0.15, 0.2) is 0 Å². The van der Waals surface area contributed by atoms with Gasteiger partial charge >= 0.3 is 11.9 Å². The van der Waals surface area contributed by atoms with Gasteiger partial charge in [-0.3, -0.25) is 9.59 Å². The van der Waals surface area contributed by atoms with Gasteiger partial charge in [-0.15, -0.1) is 0 Å². The fraction of sp³-hybridized carbons (Fsp3) is 0.778. The van der Waals surface area contributed by atoms with Crippen molar-refractivity contribution < 1.29 is 24.5 Å². The van der Waals surface area contributed by atoms with E-state index in [1.54, 1.807) is 6.92 Å². The van der Waals surface area contributed by atoms with Gasteiger partial charge in [0.2, 0.25) is 0 Å². The summed E-state index contributed by atoms with van der Waals surface area (Å²) in [5.41, 5.74) is 0. The van der Waals surface area contributed by atoms with E-state index in [-0.39, 0.29) is 13.2 Å². The summed E-state index contributed by atoms with van der Waals surface area (Å²) in [6, 6.07) is 0. The van der Waals surface area contributed by atoms with Crippen LogP contribution in [0, 0.1) is 0 Å². The molecule has 82 valence electrons. The fourth-order valence-electron chi connectivity index (χ4n) is 0.591. The van der Waals surface area contributed by atoms with E-state index in [9.17, 15) is 9.59 Å². The number of carbonyl (C=O) groups excluding carboxylic acids is 2. The van der Waals surface area contributed by atoms with Crippen LogP contribution < -0.4 is 5.32 Å². The molecule has 0 amide bonds. The van der Waals surface area contributed by atoms with E-state index in [0.29, 0.717) is 0 Å². The van der Waals surface area contributed by atoms with Gasteiger partial charge in [0.25, 0.3) is 0 Å². The Morgan fingerprint density at radius 3 is 2.36 bits per heavy atom. The van der Waals surface area contributed by atoms with Crippen LogP contribution in [0.1, 0.15) is 25.7 Å². The number of hydrogen-bond acceptors (Lipinski definition) is 5. The van der Waals surface area contributed by atoms with Gasteiger partial charge in [0, 0.05) is 12.0 Å². The SMILES string of the molecule is [2H]C([2H])(NCC(=O)OCC)C([2H])([2H])C(=O)OCC. The lowest BCUT2D eigenvalue weighted by molar-refractivity contribution is -0.144. The lowest BCUT2D eigenvalue weighted by Gasteiger charge is -2.04. The topological polar surface area (TPSA) is 64.6 Å². The predicted molar refractivity (Wildman–Crippen MR) is 50.8 cm³/mol. The standard InChI is InChI=1S/C9H17NO4/c1-3-13-8(11)5-6-10-7-9(12)14-4-2/h10H,3-7H2,1-2H3/i5D2,6D2. The molecule has 0 bridgehead atoms. The average molecular weight is 207 g/mol. The third kappa shape index (κ3) is 7.54. The number of hydrogen-bond donors (Lipinski definition) is 1. The summed E-state index contributed by atoms with van der Waals surface area (Å²) < 4.78 is 38.6. The summed E-state index contributed by atoms with van der Waals surface area (Å²) in [6.07, 6.45) is -2.91. The van der Waals surface area contributed by atoms with E-state index in [2.05, 4.69) is 9.47 Å². The first-order valence-corrected chi connectivity index (χ1v) is 4.27. The number of carbonyl (C=O) groups is 2. The van der Waals surface area contributed by atoms with Gasteiger partial charge in [-0.25, -0.2) is 0 Å². The van der Waals surface area contributed by atoms with Crippen molar-refractivity contribution in [3.63, 3.8) is 0 Å². The average Bonchev–Trinajstić information content (AvgIpc) is 2.27. The highest BCUT2D eigenvalue weighted by Gasteiger charge is 2.03. The zero-order chi connectivity index (χ0) is 14.4. The first-order chi connectivity index (χ1) is 8.19. The van der Waals surface area contributed by atoms with Gasteiger partial charge in [-0.1, -0.05) is 0 Å². The van der Waals surface area contributed by atoms with Gasteiger partial charge in [-0.05, 0) is 13.8 Å². The van der Waals surface area contributed by atoms with E-state index in [1.807, 2.05) is 5.32 Å². The van der Waals surface area contributed by atoms with Crippen LogP contribution in [0.3, 0.4) is 0 Å². The van der Waals surface area contributed by atoms with Crippen molar-refractivity contribution in [1.29, 1.82) is 0 Å². The van der Waals surface area contributed by atoms with Crippen LogP contribution in [0.2, 0.25) is 0 Å². The Hall–Kier alpha value is -1.10. The second-order valence-corrected chi connectivity index (χ2v) is 2.13. The molecule has 0 aliphatic heterocycles.